The molecule has 1 N–H and O–H groups in total. The number of aryl methyl sites for hydroxylation is 1. The van der Waals surface area contributed by atoms with Gasteiger partial charge in [0.25, 0.3) is 0 Å². The second kappa shape index (κ2) is 7.72. The quantitative estimate of drug-likeness (QED) is 0.905. The summed E-state index contributed by atoms with van der Waals surface area (Å²) in [5, 5.41) is 2.75. The Bertz CT molecular complexity index is 632. The number of pyridine rings is 1. The Hall–Kier alpha value is -2.31. The van der Waals surface area contributed by atoms with Crippen molar-refractivity contribution in [3.63, 3.8) is 0 Å². The molecule has 1 aliphatic heterocycles. The van der Waals surface area contributed by atoms with Gasteiger partial charge in [-0.25, -0.2) is 9.78 Å². The topological polar surface area (TPSA) is 74.8 Å². The summed E-state index contributed by atoms with van der Waals surface area (Å²) >= 11 is 0. The normalized spacial score (nSPS) is 15.1. The fraction of sp³-hybridized carbons (Fsp3) is 0.611. The van der Waals surface area contributed by atoms with Crippen LogP contribution in [0.4, 0.5) is 10.6 Å². The van der Waals surface area contributed by atoms with Crippen LogP contribution < -0.4 is 10.2 Å². The SMILES string of the molecule is CC(=O)N1CCN(c2cc(C)c(CNC(=O)OC(C)(C)C)cn2)CC1. The van der Waals surface area contributed by atoms with E-state index in [1.165, 1.54) is 0 Å². The number of carbonyl (C=O) groups is 2. The lowest BCUT2D eigenvalue weighted by Crippen LogP contribution is -2.48. The Kier molecular flexibility index (Phi) is 5.87. The van der Waals surface area contributed by atoms with Gasteiger partial charge in [0.05, 0.1) is 0 Å². The number of amides is 2. The fourth-order valence-electron chi connectivity index (χ4n) is 2.66. The van der Waals surface area contributed by atoms with Crippen LogP contribution in [-0.4, -0.2) is 53.7 Å². The van der Waals surface area contributed by atoms with E-state index in [9.17, 15) is 9.59 Å². The van der Waals surface area contributed by atoms with Crippen molar-refractivity contribution in [2.75, 3.05) is 31.1 Å². The maximum absolute atomic E-state index is 11.7. The summed E-state index contributed by atoms with van der Waals surface area (Å²) in [5.41, 5.74) is 1.51. The maximum atomic E-state index is 11.7. The summed E-state index contributed by atoms with van der Waals surface area (Å²) in [5.74, 6) is 1.02. The number of hydrogen-bond acceptors (Lipinski definition) is 5. The molecule has 2 heterocycles. The number of nitrogens with zero attached hydrogens (tertiary/aromatic N) is 3. The molecule has 1 fully saturated rings. The molecule has 0 saturated carbocycles. The number of nitrogens with one attached hydrogen (secondary N) is 1. The second-order valence-electron chi connectivity index (χ2n) is 7.32. The highest BCUT2D eigenvalue weighted by atomic mass is 16.6. The largest absolute Gasteiger partial charge is 0.444 e. The maximum Gasteiger partial charge on any atom is 0.407 e. The molecule has 25 heavy (non-hydrogen) atoms. The van der Waals surface area contributed by atoms with Gasteiger partial charge in [-0.2, -0.15) is 0 Å². The van der Waals surface area contributed by atoms with Crippen LogP contribution in [0.15, 0.2) is 12.3 Å². The van der Waals surface area contributed by atoms with Crippen molar-refractivity contribution in [1.82, 2.24) is 15.2 Å². The Labute approximate surface area is 149 Å². The van der Waals surface area contributed by atoms with Gasteiger partial charge in [-0.1, -0.05) is 0 Å². The van der Waals surface area contributed by atoms with Crippen LogP contribution in [0.2, 0.25) is 0 Å². The molecule has 0 radical (unpaired) electrons. The molecule has 0 aromatic carbocycles. The van der Waals surface area contributed by atoms with Gasteiger partial charge in [-0.3, -0.25) is 4.79 Å². The van der Waals surface area contributed by atoms with E-state index >= 15 is 0 Å². The van der Waals surface area contributed by atoms with Crippen LogP contribution in [0.3, 0.4) is 0 Å². The highest BCUT2D eigenvalue weighted by molar-refractivity contribution is 5.73. The molecule has 1 saturated heterocycles. The molecule has 1 aromatic rings. The Morgan fingerprint density at radius 3 is 2.40 bits per heavy atom. The number of rotatable bonds is 3. The summed E-state index contributed by atoms with van der Waals surface area (Å²) in [6.45, 7) is 12.5. The molecule has 2 rings (SSSR count). The van der Waals surface area contributed by atoms with E-state index in [1.54, 1.807) is 13.1 Å². The van der Waals surface area contributed by atoms with Crippen LogP contribution in [0, 0.1) is 6.92 Å². The molecule has 0 spiro atoms. The van der Waals surface area contributed by atoms with E-state index in [0.29, 0.717) is 6.54 Å². The van der Waals surface area contributed by atoms with E-state index in [2.05, 4.69) is 15.2 Å². The Morgan fingerprint density at radius 1 is 1.24 bits per heavy atom. The molecule has 1 aromatic heterocycles. The smallest absolute Gasteiger partial charge is 0.407 e. The first-order valence-corrected chi connectivity index (χ1v) is 8.58. The van der Waals surface area contributed by atoms with Crippen LogP contribution in [-0.2, 0) is 16.1 Å². The summed E-state index contributed by atoms with van der Waals surface area (Å²) in [4.78, 5) is 31.7. The predicted octanol–water partition coefficient (Wildman–Crippen LogP) is 2.08. The van der Waals surface area contributed by atoms with E-state index in [1.807, 2.05) is 38.7 Å². The highest BCUT2D eigenvalue weighted by Gasteiger charge is 2.20. The number of alkyl carbamates (subject to hydrolysis) is 1. The zero-order chi connectivity index (χ0) is 18.6. The van der Waals surface area contributed by atoms with Gasteiger partial charge in [-0.15, -0.1) is 0 Å². The van der Waals surface area contributed by atoms with Crippen LogP contribution in [0.25, 0.3) is 0 Å². The fourth-order valence-corrected chi connectivity index (χ4v) is 2.66. The van der Waals surface area contributed by atoms with Crippen molar-refractivity contribution in [2.24, 2.45) is 0 Å². The molecule has 138 valence electrons. The van der Waals surface area contributed by atoms with Gasteiger partial charge < -0.3 is 19.9 Å². The summed E-state index contributed by atoms with van der Waals surface area (Å²) in [6.07, 6.45) is 1.36. The third kappa shape index (κ3) is 5.62. The Morgan fingerprint density at radius 2 is 1.88 bits per heavy atom. The van der Waals surface area contributed by atoms with Gasteiger partial charge in [0, 0.05) is 45.8 Å². The van der Waals surface area contributed by atoms with Crippen LogP contribution >= 0.6 is 0 Å². The molecule has 0 bridgehead atoms. The molecule has 1 aliphatic rings. The summed E-state index contributed by atoms with van der Waals surface area (Å²) in [7, 11) is 0. The second-order valence-corrected chi connectivity index (χ2v) is 7.32. The Balaban J connectivity index is 1.92. The van der Waals surface area contributed by atoms with Gasteiger partial charge >= 0.3 is 6.09 Å². The number of piperazine rings is 1. The highest BCUT2D eigenvalue weighted by Crippen LogP contribution is 2.18. The molecule has 0 unspecified atom stereocenters. The number of hydrogen-bond donors (Lipinski definition) is 1. The van der Waals surface area contributed by atoms with Crippen molar-refractivity contribution >= 4 is 17.8 Å². The van der Waals surface area contributed by atoms with Gasteiger partial charge in [0.1, 0.15) is 11.4 Å². The minimum Gasteiger partial charge on any atom is -0.444 e. The number of aromatic nitrogens is 1. The van der Waals surface area contributed by atoms with E-state index < -0.39 is 11.7 Å². The average molecular weight is 348 g/mol. The molecule has 0 aliphatic carbocycles. The zero-order valence-electron chi connectivity index (χ0n) is 15.8. The summed E-state index contributed by atoms with van der Waals surface area (Å²) < 4.78 is 5.24. The number of ether oxygens (including phenoxy) is 1. The lowest BCUT2D eigenvalue weighted by Gasteiger charge is -2.35. The van der Waals surface area contributed by atoms with Gasteiger partial charge in [0.2, 0.25) is 5.91 Å². The van der Waals surface area contributed by atoms with Crippen molar-refractivity contribution in [2.45, 2.75) is 46.8 Å². The molecule has 0 atom stereocenters. The van der Waals surface area contributed by atoms with Crippen molar-refractivity contribution in [1.29, 1.82) is 0 Å². The third-order valence-corrected chi connectivity index (χ3v) is 4.08. The van der Waals surface area contributed by atoms with Crippen molar-refractivity contribution in [3.8, 4) is 0 Å². The minimum absolute atomic E-state index is 0.118. The van der Waals surface area contributed by atoms with E-state index in [0.717, 1.165) is 43.1 Å². The standard InChI is InChI=1S/C18H28N4O3/c1-13-10-16(22-8-6-21(7-9-22)14(2)23)19-11-15(13)12-20-17(24)25-18(3,4)5/h10-11H,6-9,12H2,1-5H3,(H,20,24). The molecule has 2 amide bonds. The monoisotopic (exact) mass is 348 g/mol. The molecule has 7 heteroatoms. The molecular formula is C18H28N4O3. The van der Waals surface area contributed by atoms with Crippen molar-refractivity contribution in [3.05, 3.63) is 23.4 Å². The first-order valence-electron chi connectivity index (χ1n) is 8.58. The average Bonchev–Trinajstić information content (AvgIpc) is 2.52. The number of carbonyl (C=O) groups excluding carboxylic acids is 2. The third-order valence-electron chi connectivity index (χ3n) is 4.08. The lowest BCUT2D eigenvalue weighted by atomic mass is 10.1. The summed E-state index contributed by atoms with van der Waals surface area (Å²) in [6, 6.07) is 2.02. The van der Waals surface area contributed by atoms with Crippen molar-refractivity contribution < 1.29 is 14.3 Å². The van der Waals surface area contributed by atoms with Gasteiger partial charge in [-0.05, 0) is 44.9 Å². The first-order chi connectivity index (χ1) is 11.7. The predicted molar refractivity (Wildman–Crippen MR) is 96.5 cm³/mol. The van der Waals surface area contributed by atoms with E-state index in [-0.39, 0.29) is 5.91 Å². The lowest BCUT2D eigenvalue weighted by molar-refractivity contribution is -0.129. The van der Waals surface area contributed by atoms with Gasteiger partial charge in [0.15, 0.2) is 0 Å². The van der Waals surface area contributed by atoms with Crippen LogP contribution in [0.1, 0.15) is 38.8 Å². The van der Waals surface area contributed by atoms with E-state index in [4.69, 9.17) is 4.74 Å². The molecular weight excluding hydrogens is 320 g/mol. The van der Waals surface area contributed by atoms with Crippen LogP contribution in [0.5, 0.6) is 0 Å². The molecule has 7 nitrogen and oxygen atoms in total. The zero-order valence-corrected chi connectivity index (χ0v) is 15.8. The number of anilines is 1. The first kappa shape index (κ1) is 19.0. The minimum atomic E-state index is -0.511.